The molecule has 19 heavy (non-hydrogen) atoms. The van der Waals surface area contributed by atoms with E-state index < -0.39 is 0 Å². The van der Waals surface area contributed by atoms with Crippen molar-refractivity contribution >= 4 is 11.6 Å². The maximum atomic E-state index is 12.1. The largest absolute Gasteiger partial charge is 0.398 e. The second-order valence-electron chi connectivity index (χ2n) is 5.30. The van der Waals surface area contributed by atoms with Crippen LogP contribution in [0, 0.1) is 6.92 Å². The third-order valence-electron chi connectivity index (χ3n) is 3.43. The maximum Gasteiger partial charge on any atom is 0.255 e. The van der Waals surface area contributed by atoms with Gasteiger partial charge in [0.2, 0.25) is 0 Å². The van der Waals surface area contributed by atoms with Crippen molar-refractivity contribution in [1.82, 2.24) is 15.2 Å². The summed E-state index contributed by atoms with van der Waals surface area (Å²) in [7, 11) is 0. The molecule has 1 aromatic rings. The summed E-state index contributed by atoms with van der Waals surface area (Å²) in [4.78, 5) is 18.6. The molecule has 2 rings (SSSR count). The van der Waals surface area contributed by atoms with E-state index in [1.165, 1.54) is 12.8 Å². The molecule has 1 aliphatic rings. The molecular weight excluding hydrogens is 240 g/mol. The minimum absolute atomic E-state index is 0.117. The van der Waals surface area contributed by atoms with Crippen LogP contribution in [0.1, 0.15) is 35.8 Å². The lowest BCUT2D eigenvalue weighted by Gasteiger charge is -2.21. The monoisotopic (exact) mass is 262 g/mol. The summed E-state index contributed by atoms with van der Waals surface area (Å²) in [6.07, 6.45) is 4.06. The maximum absolute atomic E-state index is 12.1. The number of amides is 1. The number of rotatable bonds is 4. The van der Waals surface area contributed by atoms with Crippen LogP contribution in [0.3, 0.4) is 0 Å². The van der Waals surface area contributed by atoms with E-state index in [-0.39, 0.29) is 11.9 Å². The molecule has 0 aromatic carbocycles. The molecule has 2 heterocycles. The molecule has 5 heteroatoms. The van der Waals surface area contributed by atoms with Crippen LogP contribution < -0.4 is 11.1 Å². The minimum Gasteiger partial charge on any atom is -0.398 e. The minimum atomic E-state index is -0.142. The van der Waals surface area contributed by atoms with E-state index in [0.29, 0.717) is 11.3 Å². The first-order chi connectivity index (χ1) is 9.06. The topological polar surface area (TPSA) is 71.2 Å². The second-order valence-corrected chi connectivity index (χ2v) is 5.30. The quantitative estimate of drug-likeness (QED) is 0.855. The number of nitrogens with one attached hydrogen (secondary N) is 1. The van der Waals surface area contributed by atoms with Crippen LogP contribution in [-0.4, -0.2) is 41.5 Å². The first-order valence-corrected chi connectivity index (χ1v) is 6.81. The number of aryl methyl sites for hydroxylation is 1. The van der Waals surface area contributed by atoms with Crippen molar-refractivity contribution in [2.45, 2.75) is 32.7 Å². The van der Waals surface area contributed by atoms with Crippen molar-refractivity contribution in [3.05, 3.63) is 23.5 Å². The Morgan fingerprint density at radius 1 is 1.53 bits per heavy atom. The zero-order valence-corrected chi connectivity index (χ0v) is 11.6. The van der Waals surface area contributed by atoms with Crippen LogP contribution >= 0.6 is 0 Å². The van der Waals surface area contributed by atoms with E-state index >= 15 is 0 Å². The number of nitrogens with two attached hydrogens (primary N) is 1. The number of hydrogen-bond donors (Lipinski definition) is 2. The number of likely N-dealkylation sites (tertiary alicyclic amines) is 1. The number of hydrogen-bond acceptors (Lipinski definition) is 4. The Bertz CT molecular complexity index is 455. The Hall–Kier alpha value is -1.62. The van der Waals surface area contributed by atoms with Gasteiger partial charge in [-0.1, -0.05) is 0 Å². The Morgan fingerprint density at radius 2 is 2.21 bits per heavy atom. The molecule has 5 nitrogen and oxygen atoms in total. The first kappa shape index (κ1) is 13.8. The Labute approximate surface area is 114 Å². The van der Waals surface area contributed by atoms with Crippen molar-refractivity contribution in [2.24, 2.45) is 0 Å². The van der Waals surface area contributed by atoms with Crippen LogP contribution in [0.4, 0.5) is 5.69 Å². The third-order valence-corrected chi connectivity index (χ3v) is 3.43. The summed E-state index contributed by atoms with van der Waals surface area (Å²) in [5.41, 5.74) is 7.61. The van der Waals surface area contributed by atoms with Gasteiger partial charge < -0.3 is 16.0 Å². The van der Waals surface area contributed by atoms with Crippen molar-refractivity contribution < 1.29 is 4.79 Å². The summed E-state index contributed by atoms with van der Waals surface area (Å²) >= 11 is 0. The molecule has 1 atom stereocenters. The first-order valence-electron chi connectivity index (χ1n) is 6.81. The molecule has 0 radical (unpaired) electrons. The fourth-order valence-electron chi connectivity index (χ4n) is 2.47. The molecule has 1 amide bonds. The molecule has 0 saturated carbocycles. The molecule has 1 aliphatic heterocycles. The number of nitrogen functional groups attached to an aromatic ring is 1. The van der Waals surface area contributed by atoms with Gasteiger partial charge in [-0.05, 0) is 45.8 Å². The summed E-state index contributed by atoms with van der Waals surface area (Å²) in [6, 6.07) is 1.84. The molecule has 0 aliphatic carbocycles. The predicted octanol–water partition coefficient (Wildman–Crippen LogP) is 1.19. The van der Waals surface area contributed by atoms with Crippen molar-refractivity contribution in [3.8, 4) is 0 Å². The third kappa shape index (κ3) is 3.67. The highest BCUT2D eigenvalue weighted by Crippen LogP contribution is 2.12. The highest BCUT2D eigenvalue weighted by Gasteiger charge is 2.17. The summed E-state index contributed by atoms with van der Waals surface area (Å²) in [5, 5.41) is 2.98. The van der Waals surface area contributed by atoms with E-state index in [2.05, 4.69) is 15.2 Å². The number of anilines is 1. The fourth-order valence-corrected chi connectivity index (χ4v) is 2.47. The summed E-state index contributed by atoms with van der Waals surface area (Å²) < 4.78 is 0. The van der Waals surface area contributed by atoms with Gasteiger partial charge in [-0.3, -0.25) is 9.78 Å². The number of carbonyl (C=O) groups excluding carboxylic acids is 1. The van der Waals surface area contributed by atoms with E-state index in [0.717, 1.165) is 25.3 Å². The van der Waals surface area contributed by atoms with Crippen LogP contribution in [-0.2, 0) is 0 Å². The summed E-state index contributed by atoms with van der Waals surface area (Å²) in [6.45, 7) is 7.04. The second kappa shape index (κ2) is 6.02. The van der Waals surface area contributed by atoms with Crippen molar-refractivity contribution in [2.75, 3.05) is 25.4 Å². The molecule has 0 spiro atoms. The van der Waals surface area contributed by atoms with Crippen LogP contribution in [0.25, 0.3) is 0 Å². The Morgan fingerprint density at radius 3 is 2.84 bits per heavy atom. The SMILES string of the molecule is Cc1cc(N)c(C(=O)NC(C)CN2CCCC2)cn1. The zero-order valence-electron chi connectivity index (χ0n) is 11.6. The average Bonchev–Trinajstić information content (AvgIpc) is 2.81. The highest BCUT2D eigenvalue weighted by atomic mass is 16.1. The lowest BCUT2D eigenvalue weighted by Crippen LogP contribution is -2.41. The molecule has 1 unspecified atom stereocenters. The van der Waals surface area contributed by atoms with Gasteiger partial charge in [0.1, 0.15) is 0 Å². The lowest BCUT2D eigenvalue weighted by molar-refractivity contribution is 0.0932. The number of carbonyl (C=O) groups is 1. The van der Waals surface area contributed by atoms with E-state index in [9.17, 15) is 4.79 Å². The number of aromatic nitrogens is 1. The average molecular weight is 262 g/mol. The molecule has 104 valence electrons. The van der Waals surface area contributed by atoms with Crippen LogP contribution in [0.2, 0.25) is 0 Å². The molecule has 3 N–H and O–H groups in total. The molecule has 1 fully saturated rings. The van der Waals surface area contributed by atoms with Gasteiger partial charge in [0.05, 0.1) is 5.56 Å². The molecule has 1 saturated heterocycles. The molecule has 0 bridgehead atoms. The van der Waals surface area contributed by atoms with Crippen LogP contribution in [0.15, 0.2) is 12.3 Å². The predicted molar refractivity (Wildman–Crippen MR) is 76.0 cm³/mol. The van der Waals surface area contributed by atoms with Gasteiger partial charge in [-0.25, -0.2) is 0 Å². The van der Waals surface area contributed by atoms with Gasteiger partial charge in [0.25, 0.3) is 5.91 Å². The number of nitrogens with zero attached hydrogens (tertiary/aromatic N) is 2. The van der Waals surface area contributed by atoms with Gasteiger partial charge in [0.15, 0.2) is 0 Å². The Kier molecular flexibility index (Phi) is 4.37. The summed E-state index contributed by atoms with van der Waals surface area (Å²) in [5.74, 6) is -0.142. The smallest absolute Gasteiger partial charge is 0.255 e. The van der Waals surface area contributed by atoms with Crippen LogP contribution in [0.5, 0.6) is 0 Å². The van der Waals surface area contributed by atoms with Crippen molar-refractivity contribution in [1.29, 1.82) is 0 Å². The zero-order chi connectivity index (χ0) is 13.8. The van der Waals surface area contributed by atoms with E-state index in [1.807, 2.05) is 13.8 Å². The Balaban J connectivity index is 1.92. The lowest BCUT2D eigenvalue weighted by atomic mass is 10.2. The normalized spacial score (nSPS) is 17.4. The van der Waals surface area contributed by atoms with E-state index in [4.69, 9.17) is 5.73 Å². The highest BCUT2D eigenvalue weighted by molar-refractivity contribution is 5.98. The molecular formula is C14H22N4O. The fraction of sp³-hybridized carbons (Fsp3) is 0.571. The van der Waals surface area contributed by atoms with Crippen molar-refractivity contribution in [3.63, 3.8) is 0 Å². The number of pyridine rings is 1. The van der Waals surface area contributed by atoms with Gasteiger partial charge in [-0.15, -0.1) is 0 Å². The molecule has 1 aromatic heterocycles. The van der Waals surface area contributed by atoms with Gasteiger partial charge >= 0.3 is 0 Å². The van der Waals surface area contributed by atoms with Gasteiger partial charge in [0, 0.05) is 30.2 Å². The van der Waals surface area contributed by atoms with Gasteiger partial charge in [-0.2, -0.15) is 0 Å². The van der Waals surface area contributed by atoms with E-state index in [1.54, 1.807) is 12.3 Å². The standard InChI is InChI=1S/C14H22N4O/c1-10-7-13(15)12(8-16-10)14(19)17-11(2)9-18-5-3-4-6-18/h7-8,11H,3-6,9H2,1-2H3,(H2,15,16)(H,17,19).